The van der Waals surface area contributed by atoms with E-state index >= 15 is 0 Å². The maximum atomic E-state index is 13.1. The summed E-state index contributed by atoms with van der Waals surface area (Å²) in [6.45, 7) is 4.75. The van der Waals surface area contributed by atoms with Gasteiger partial charge >= 0.3 is 0 Å². The van der Waals surface area contributed by atoms with Gasteiger partial charge in [0.25, 0.3) is 11.5 Å². The number of benzene rings is 2. The van der Waals surface area contributed by atoms with E-state index in [0.717, 1.165) is 10.2 Å². The number of halogens is 1. The van der Waals surface area contributed by atoms with Crippen LogP contribution in [0.5, 0.6) is 0 Å². The molecule has 2 atom stereocenters. The predicted octanol–water partition coefficient (Wildman–Crippen LogP) is 2.90. The predicted molar refractivity (Wildman–Crippen MR) is 137 cm³/mol. The van der Waals surface area contributed by atoms with Gasteiger partial charge in [-0.1, -0.05) is 23.7 Å². The molecule has 1 aliphatic heterocycles. The zero-order valence-corrected chi connectivity index (χ0v) is 20.6. The second-order valence-electron chi connectivity index (χ2n) is 8.86. The van der Waals surface area contributed by atoms with Gasteiger partial charge in [-0.05, 0) is 50.2 Å². The SMILES string of the molecule is C[C@@H]1CN(C(=O)c2cc(C#N)cc(NC(=O)Cn3nc(-c4ccc(Cl)cc4)ccc3=O)c2)C[C@H](C)N1. The van der Waals surface area contributed by atoms with Crippen molar-refractivity contribution in [1.29, 1.82) is 5.26 Å². The van der Waals surface area contributed by atoms with Crippen molar-refractivity contribution in [1.82, 2.24) is 20.0 Å². The number of nitrogens with zero attached hydrogens (tertiary/aromatic N) is 4. The molecule has 9 nitrogen and oxygen atoms in total. The minimum absolute atomic E-state index is 0.144. The second kappa shape index (κ2) is 10.7. The van der Waals surface area contributed by atoms with Crippen LogP contribution >= 0.6 is 11.6 Å². The first-order chi connectivity index (χ1) is 17.2. The van der Waals surface area contributed by atoms with E-state index in [1.165, 1.54) is 18.2 Å². The Morgan fingerprint density at radius 1 is 1.11 bits per heavy atom. The number of piperazine rings is 1. The molecule has 0 aliphatic carbocycles. The Morgan fingerprint density at radius 3 is 2.47 bits per heavy atom. The third-order valence-corrected chi connectivity index (χ3v) is 5.99. The Hall–Kier alpha value is -4.00. The highest BCUT2D eigenvalue weighted by Crippen LogP contribution is 2.20. The van der Waals surface area contributed by atoms with Crippen LogP contribution in [0.25, 0.3) is 11.3 Å². The average molecular weight is 505 g/mol. The number of carbonyl (C=O) groups is 2. The molecule has 184 valence electrons. The fourth-order valence-electron chi connectivity index (χ4n) is 4.24. The van der Waals surface area contributed by atoms with Crippen molar-refractivity contribution >= 4 is 29.1 Å². The largest absolute Gasteiger partial charge is 0.336 e. The lowest BCUT2D eigenvalue weighted by molar-refractivity contribution is -0.117. The molecule has 10 heteroatoms. The van der Waals surface area contributed by atoms with E-state index in [1.807, 2.05) is 19.9 Å². The minimum Gasteiger partial charge on any atom is -0.336 e. The Bertz CT molecular complexity index is 1390. The standard InChI is InChI=1S/C26H25ClN6O3/c1-16-13-32(14-17(2)29-16)26(36)20-9-18(12-28)10-22(11-20)30-24(34)15-33-25(35)8-7-23(31-33)19-3-5-21(27)6-4-19/h3-11,16-17,29H,13-15H2,1-2H3,(H,30,34)/t16-,17+. The third-order valence-electron chi connectivity index (χ3n) is 5.74. The van der Waals surface area contributed by atoms with Crippen LogP contribution in [0.15, 0.2) is 59.4 Å². The average Bonchev–Trinajstić information content (AvgIpc) is 2.84. The first-order valence-corrected chi connectivity index (χ1v) is 11.8. The fourth-order valence-corrected chi connectivity index (χ4v) is 4.36. The van der Waals surface area contributed by atoms with Gasteiger partial charge in [-0.25, -0.2) is 4.68 Å². The number of nitrogens with one attached hydrogen (secondary N) is 2. The highest BCUT2D eigenvalue weighted by Gasteiger charge is 2.26. The molecule has 2 heterocycles. The molecular formula is C26H25ClN6O3. The number of hydrogen-bond acceptors (Lipinski definition) is 6. The van der Waals surface area contributed by atoms with Crippen LogP contribution in [0.1, 0.15) is 29.8 Å². The van der Waals surface area contributed by atoms with Crippen LogP contribution in [0.4, 0.5) is 5.69 Å². The highest BCUT2D eigenvalue weighted by molar-refractivity contribution is 6.30. The fraction of sp³-hybridized carbons (Fsp3) is 0.269. The first kappa shape index (κ1) is 25.1. The van der Waals surface area contributed by atoms with Gasteiger partial charge in [-0.15, -0.1) is 0 Å². The number of aromatic nitrogens is 2. The molecule has 2 aromatic carbocycles. The quantitative estimate of drug-likeness (QED) is 0.551. The number of hydrogen-bond donors (Lipinski definition) is 2. The van der Waals surface area contributed by atoms with Crippen molar-refractivity contribution in [3.63, 3.8) is 0 Å². The lowest BCUT2D eigenvalue weighted by atomic mass is 10.1. The van der Waals surface area contributed by atoms with Gasteiger partial charge in [0.2, 0.25) is 5.91 Å². The highest BCUT2D eigenvalue weighted by atomic mass is 35.5. The summed E-state index contributed by atoms with van der Waals surface area (Å²) in [5, 5.41) is 20.4. The summed E-state index contributed by atoms with van der Waals surface area (Å²) in [5.41, 5.74) is 1.66. The molecule has 36 heavy (non-hydrogen) atoms. The second-order valence-corrected chi connectivity index (χ2v) is 9.30. The summed E-state index contributed by atoms with van der Waals surface area (Å²) in [6.07, 6.45) is 0. The first-order valence-electron chi connectivity index (χ1n) is 11.5. The van der Waals surface area contributed by atoms with Gasteiger partial charge in [0.15, 0.2) is 0 Å². The van der Waals surface area contributed by atoms with Gasteiger partial charge in [-0.2, -0.15) is 10.4 Å². The third kappa shape index (κ3) is 5.97. The summed E-state index contributed by atoms with van der Waals surface area (Å²) in [7, 11) is 0. The number of amides is 2. The number of rotatable bonds is 5. The smallest absolute Gasteiger partial charge is 0.267 e. The molecule has 1 fully saturated rings. The number of carbonyl (C=O) groups excluding carboxylic acids is 2. The van der Waals surface area contributed by atoms with Crippen molar-refractivity contribution in [2.24, 2.45) is 0 Å². The Morgan fingerprint density at radius 2 is 1.81 bits per heavy atom. The minimum atomic E-state index is -0.518. The van der Waals surface area contributed by atoms with E-state index in [-0.39, 0.29) is 30.1 Å². The van der Waals surface area contributed by atoms with Gasteiger partial charge in [0, 0.05) is 53.1 Å². The van der Waals surface area contributed by atoms with Crippen LogP contribution in [-0.2, 0) is 11.3 Å². The van der Waals surface area contributed by atoms with E-state index in [1.54, 1.807) is 41.3 Å². The van der Waals surface area contributed by atoms with Crippen molar-refractivity contribution in [3.8, 4) is 17.3 Å². The van der Waals surface area contributed by atoms with Gasteiger partial charge in [0.1, 0.15) is 6.54 Å². The van der Waals surface area contributed by atoms with Gasteiger partial charge in [0.05, 0.1) is 17.3 Å². The molecule has 1 aromatic heterocycles. The molecule has 0 spiro atoms. The molecule has 3 aromatic rings. The van der Waals surface area contributed by atoms with E-state index in [9.17, 15) is 19.6 Å². The lowest BCUT2D eigenvalue weighted by Gasteiger charge is -2.36. The topological polar surface area (TPSA) is 120 Å². The molecule has 1 saturated heterocycles. The van der Waals surface area contributed by atoms with Crippen LogP contribution in [0.2, 0.25) is 5.02 Å². The maximum Gasteiger partial charge on any atom is 0.267 e. The summed E-state index contributed by atoms with van der Waals surface area (Å²) < 4.78 is 1.06. The van der Waals surface area contributed by atoms with Crippen LogP contribution in [0.3, 0.4) is 0 Å². The molecule has 0 radical (unpaired) electrons. The molecule has 0 saturated carbocycles. The van der Waals surface area contributed by atoms with Crippen molar-refractivity contribution in [2.45, 2.75) is 32.5 Å². The van der Waals surface area contributed by atoms with Gasteiger partial charge in [-0.3, -0.25) is 14.4 Å². The summed E-state index contributed by atoms with van der Waals surface area (Å²) in [4.78, 5) is 40.0. The Balaban J connectivity index is 1.52. The molecule has 0 bridgehead atoms. The summed E-state index contributed by atoms with van der Waals surface area (Å²) >= 11 is 5.94. The zero-order valence-electron chi connectivity index (χ0n) is 19.9. The van der Waals surface area contributed by atoms with E-state index in [0.29, 0.717) is 35.1 Å². The van der Waals surface area contributed by atoms with Crippen molar-refractivity contribution in [3.05, 3.63) is 81.1 Å². The molecule has 2 amide bonds. The molecule has 4 rings (SSSR count). The molecule has 1 aliphatic rings. The van der Waals surface area contributed by atoms with Crippen LogP contribution in [-0.4, -0.2) is 51.7 Å². The Kier molecular flexibility index (Phi) is 7.48. The van der Waals surface area contributed by atoms with Crippen molar-refractivity contribution in [2.75, 3.05) is 18.4 Å². The van der Waals surface area contributed by atoms with Gasteiger partial charge < -0.3 is 15.5 Å². The molecular weight excluding hydrogens is 480 g/mol. The van der Waals surface area contributed by atoms with Crippen molar-refractivity contribution < 1.29 is 9.59 Å². The number of nitriles is 1. The van der Waals surface area contributed by atoms with E-state index in [4.69, 9.17) is 11.6 Å². The van der Waals surface area contributed by atoms with Crippen LogP contribution in [0, 0.1) is 11.3 Å². The monoisotopic (exact) mass is 504 g/mol. The van der Waals surface area contributed by atoms with Crippen LogP contribution < -0.4 is 16.2 Å². The number of anilines is 1. The normalized spacial score (nSPS) is 17.3. The lowest BCUT2D eigenvalue weighted by Crippen LogP contribution is -2.55. The molecule has 0 unspecified atom stereocenters. The summed E-state index contributed by atoms with van der Waals surface area (Å²) in [5.74, 6) is -0.730. The zero-order chi connectivity index (χ0) is 25.8. The maximum absolute atomic E-state index is 13.1. The van der Waals surface area contributed by atoms with E-state index in [2.05, 4.69) is 15.7 Å². The summed E-state index contributed by atoms with van der Waals surface area (Å²) in [6, 6.07) is 16.7. The molecule has 2 N–H and O–H groups in total. The van der Waals surface area contributed by atoms with E-state index < -0.39 is 11.5 Å². The Labute approximate surface area is 213 Å².